The summed E-state index contributed by atoms with van der Waals surface area (Å²) in [6, 6.07) is 0. The molecule has 3 rings (SSSR count). The van der Waals surface area contributed by atoms with Crippen LogP contribution in [-0.4, -0.2) is 22.5 Å². The largest absolute Gasteiger partial charge is 0.367 e. The first-order chi connectivity index (χ1) is 10.2. The Morgan fingerprint density at radius 2 is 2.10 bits per heavy atom. The van der Waals surface area contributed by atoms with Crippen LogP contribution in [0.15, 0.2) is 4.52 Å². The number of nitrogens with zero attached hydrogens (tertiary/aromatic N) is 2. The molecule has 1 aromatic rings. The van der Waals surface area contributed by atoms with Crippen LogP contribution in [0, 0.1) is 5.92 Å². The number of rotatable bonds is 5. The number of ketones is 1. The lowest BCUT2D eigenvalue weighted by Gasteiger charge is -2.24. The van der Waals surface area contributed by atoms with E-state index in [2.05, 4.69) is 10.1 Å². The molecule has 2 aliphatic carbocycles. The Bertz CT molecular complexity index is 491. The minimum absolute atomic E-state index is 0.0682. The lowest BCUT2D eigenvalue weighted by molar-refractivity contribution is -0.124. The number of hydrogen-bond acceptors (Lipinski definition) is 5. The molecule has 1 atom stereocenters. The quantitative estimate of drug-likeness (QED) is 0.834. The molecule has 0 aromatic carbocycles. The Morgan fingerprint density at radius 1 is 1.29 bits per heavy atom. The minimum Gasteiger partial charge on any atom is -0.367 e. The van der Waals surface area contributed by atoms with Gasteiger partial charge < -0.3 is 9.26 Å². The first-order valence-corrected chi connectivity index (χ1v) is 8.23. The highest BCUT2D eigenvalue weighted by Gasteiger charge is 2.41. The molecule has 2 saturated carbocycles. The highest BCUT2D eigenvalue weighted by molar-refractivity contribution is 5.81. The van der Waals surface area contributed by atoms with E-state index in [0.29, 0.717) is 36.9 Å². The van der Waals surface area contributed by atoms with Crippen LogP contribution in [0.25, 0.3) is 0 Å². The molecular formula is C16H24N2O3. The smallest absolute Gasteiger partial charge is 0.227 e. The lowest BCUT2D eigenvalue weighted by Crippen LogP contribution is -2.28. The Hall–Kier alpha value is -1.23. The highest BCUT2D eigenvalue weighted by Crippen LogP contribution is 2.40. The first kappa shape index (κ1) is 14.7. The van der Waals surface area contributed by atoms with Crippen LogP contribution in [-0.2, 0) is 21.6 Å². The number of carbonyl (C=O) groups excluding carboxylic acids is 1. The topological polar surface area (TPSA) is 65.2 Å². The number of carbonyl (C=O) groups is 1. The third-order valence-corrected chi connectivity index (χ3v) is 4.81. The van der Waals surface area contributed by atoms with Crippen molar-refractivity contribution < 1.29 is 14.1 Å². The van der Waals surface area contributed by atoms with Gasteiger partial charge in [-0.3, -0.25) is 4.79 Å². The second kappa shape index (κ2) is 6.26. The van der Waals surface area contributed by atoms with Gasteiger partial charge in [0, 0.05) is 25.4 Å². The van der Waals surface area contributed by atoms with Crippen molar-refractivity contribution in [2.45, 2.75) is 70.3 Å². The normalized spacial score (nSPS) is 25.4. The van der Waals surface area contributed by atoms with E-state index in [1.165, 1.54) is 0 Å². The predicted octanol–water partition coefficient (Wildman–Crippen LogP) is 3.18. The predicted molar refractivity (Wildman–Crippen MR) is 76.7 cm³/mol. The van der Waals surface area contributed by atoms with Crippen LogP contribution >= 0.6 is 0 Å². The highest BCUT2D eigenvalue weighted by atomic mass is 16.5. The van der Waals surface area contributed by atoms with Crippen LogP contribution in [0.4, 0.5) is 0 Å². The molecule has 1 unspecified atom stereocenters. The summed E-state index contributed by atoms with van der Waals surface area (Å²) in [7, 11) is 0. The van der Waals surface area contributed by atoms with Gasteiger partial charge in [-0.15, -0.1) is 0 Å². The Kier molecular flexibility index (Phi) is 4.38. The van der Waals surface area contributed by atoms with Crippen LogP contribution in [0.2, 0.25) is 0 Å². The molecule has 2 aliphatic rings. The van der Waals surface area contributed by atoms with Gasteiger partial charge in [-0.05, 0) is 45.4 Å². The van der Waals surface area contributed by atoms with Crippen molar-refractivity contribution in [1.29, 1.82) is 0 Å². The molecule has 2 fully saturated rings. The molecule has 1 heterocycles. The van der Waals surface area contributed by atoms with E-state index in [1.54, 1.807) is 0 Å². The molecule has 5 nitrogen and oxygen atoms in total. The van der Waals surface area contributed by atoms with Crippen LogP contribution < -0.4 is 0 Å². The summed E-state index contributed by atoms with van der Waals surface area (Å²) in [5.41, 5.74) is -0.354. The van der Waals surface area contributed by atoms with Gasteiger partial charge in [-0.2, -0.15) is 4.98 Å². The van der Waals surface area contributed by atoms with Gasteiger partial charge in [0.05, 0.1) is 0 Å². The number of aromatic nitrogens is 2. The zero-order chi connectivity index (χ0) is 14.7. The Morgan fingerprint density at radius 3 is 2.81 bits per heavy atom. The maximum absolute atomic E-state index is 11.9. The van der Waals surface area contributed by atoms with E-state index in [4.69, 9.17) is 9.26 Å². The lowest BCUT2D eigenvalue weighted by atomic mass is 9.86. The summed E-state index contributed by atoms with van der Waals surface area (Å²) in [6.07, 6.45) is 8.61. The van der Waals surface area contributed by atoms with Crippen molar-refractivity contribution in [2.75, 3.05) is 6.61 Å². The molecule has 0 spiro atoms. The SMILES string of the molecule is CCOC1(c2noc(CC3CCCCC3=O)n2)CCCC1. The van der Waals surface area contributed by atoms with Gasteiger partial charge in [-0.1, -0.05) is 11.6 Å². The van der Waals surface area contributed by atoms with Gasteiger partial charge in [-0.25, -0.2) is 0 Å². The molecule has 0 saturated heterocycles. The van der Waals surface area contributed by atoms with Crippen molar-refractivity contribution in [2.24, 2.45) is 5.92 Å². The van der Waals surface area contributed by atoms with Crippen molar-refractivity contribution in [3.8, 4) is 0 Å². The average Bonchev–Trinajstić information content (AvgIpc) is 3.12. The summed E-state index contributed by atoms with van der Waals surface area (Å²) in [5.74, 6) is 1.69. The van der Waals surface area contributed by atoms with E-state index in [9.17, 15) is 4.79 Å². The molecule has 0 amide bonds. The second-order valence-corrected chi connectivity index (χ2v) is 6.26. The van der Waals surface area contributed by atoms with Crippen LogP contribution in [0.3, 0.4) is 0 Å². The molecule has 0 aliphatic heterocycles. The zero-order valence-corrected chi connectivity index (χ0v) is 12.8. The standard InChI is InChI=1S/C16H24N2O3/c1-2-20-16(9-5-6-10-16)15-17-14(21-18-15)11-12-7-3-4-8-13(12)19/h12H,2-11H2,1H3. The summed E-state index contributed by atoms with van der Waals surface area (Å²) in [4.78, 5) is 16.5. The fraction of sp³-hybridized carbons (Fsp3) is 0.812. The summed E-state index contributed by atoms with van der Waals surface area (Å²) in [5, 5.41) is 4.16. The first-order valence-electron chi connectivity index (χ1n) is 8.23. The van der Waals surface area contributed by atoms with E-state index in [1.807, 2.05) is 6.92 Å². The summed E-state index contributed by atoms with van der Waals surface area (Å²) >= 11 is 0. The fourth-order valence-corrected chi connectivity index (χ4v) is 3.66. The Labute approximate surface area is 125 Å². The summed E-state index contributed by atoms with van der Waals surface area (Å²) < 4.78 is 11.4. The maximum atomic E-state index is 11.9. The van der Waals surface area contributed by atoms with Gasteiger partial charge in [0.2, 0.25) is 11.7 Å². The number of hydrogen-bond donors (Lipinski definition) is 0. The monoisotopic (exact) mass is 292 g/mol. The Balaban J connectivity index is 1.71. The van der Waals surface area contributed by atoms with Crippen molar-refractivity contribution >= 4 is 5.78 Å². The van der Waals surface area contributed by atoms with E-state index >= 15 is 0 Å². The van der Waals surface area contributed by atoms with Crippen LogP contribution in [0.5, 0.6) is 0 Å². The third kappa shape index (κ3) is 3.03. The van der Waals surface area contributed by atoms with Crippen LogP contribution in [0.1, 0.15) is 70.0 Å². The van der Waals surface area contributed by atoms with Crippen molar-refractivity contribution in [1.82, 2.24) is 10.1 Å². The third-order valence-electron chi connectivity index (χ3n) is 4.81. The second-order valence-electron chi connectivity index (χ2n) is 6.26. The van der Waals surface area contributed by atoms with Gasteiger partial charge in [0.1, 0.15) is 11.4 Å². The summed E-state index contributed by atoms with van der Waals surface area (Å²) in [6.45, 7) is 2.66. The molecule has 0 bridgehead atoms. The fourth-order valence-electron chi connectivity index (χ4n) is 3.66. The molecule has 1 aromatic heterocycles. The molecule has 0 radical (unpaired) electrons. The van der Waals surface area contributed by atoms with E-state index < -0.39 is 0 Å². The van der Waals surface area contributed by atoms with Crippen molar-refractivity contribution in [3.05, 3.63) is 11.7 Å². The molecular weight excluding hydrogens is 268 g/mol. The zero-order valence-electron chi connectivity index (χ0n) is 12.8. The molecule has 116 valence electrons. The molecule has 21 heavy (non-hydrogen) atoms. The maximum Gasteiger partial charge on any atom is 0.227 e. The van der Waals surface area contributed by atoms with E-state index in [-0.39, 0.29) is 11.5 Å². The number of ether oxygens (including phenoxy) is 1. The number of Topliss-reactive ketones (excluding diaryl/α,β-unsaturated/α-hetero) is 1. The molecule has 5 heteroatoms. The van der Waals surface area contributed by atoms with Gasteiger partial charge in [0.25, 0.3) is 0 Å². The van der Waals surface area contributed by atoms with Gasteiger partial charge in [0.15, 0.2) is 0 Å². The van der Waals surface area contributed by atoms with Crippen molar-refractivity contribution in [3.63, 3.8) is 0 Å². The van der Waals surface area contributed by atoms with E-state index in [0.717, 1.165) is 44.9 Å². The molecule has 0 N–H and O–H groups in total. The van der Waals surface area contributed by atoms with Gasteiger partial charge >= 0.3 is 0 Å². The average molecular weight is 292 g/mol. The minimum atomic E-state index is -0.354.